The van der Waals surface area contributed by atoms with Crippen LogP contribution in [0.2, 0.25) is 0 Å². The number of benzene rings is 1. The van der Waals surface area contributed by atoms with Crippen LogP contribution in [0.25, 0.3) is 0 Å². The van der Waals surface area contributed by atoms with Gasteiger partial charge in [-0.3, -0.25) is 0 Å². The number of nitrogens with zero attached hydrogens (tertiary/aromatic N) is 2. The first-order chi connectivity index (χ1) is 9.24. The Labute approximate surface area is 119 Å². The van der Waals surface area contributed by atoms with Crippen molar-refractivity contribution in [2.45, 2.75) is 18.9 Å². The summed E-state index contributed by atoms with van der Waals surface area (Å²) >= 11 is 3.50. The maximum absolute atomic E-state index is 10.2. The first kappa shape index (κ1) is 12.6. The smallest absolute Gasteiger partial charge is 0.125 e. The van der Waals surface area contributed by atoms with Crippen LogP contribution in [0.15, 0.2) is 35.3 Å². The van der Waals surface area contributed by atoms with E-state index in [1.165, 1.54) is 11.9 Å². The van der Waals surface area contributed by atoms with Crippen molar-refractivity contribution < 1.29 is 9.84 Å². The molecule has 3 rings (SSSR count). The molecule has 1 aliphatic rings. The van der Waals surface area contributed by atoms with Crippen LogP contribution < -0.4 is 4.74 Å². The first-order valence-corrected chi connectivity index (χ1v) is 6.90. The number of ether oxygens (including phenoxy) is 1. The molecule has 1 aliphatic heterocycles. The zero-order chi connectivity index (χ0) is 13.2. The van der Waals surface area contributed by atoms with E-state index in [4.69, 9.17) is 4.74 Å². The first-order valence-electron chi connectivity index (χ1n) is 6.11. The Kier molecular flexibility index (Phi) is 3.48. The van der Waals surface area contributed by atoms with Gasteiger partial charge in [0.25, 0.3) is 0 Å². The van der Waals surface area contributed by atoms with Gasteiger partial charge in [-0.25, -0.2) is 9.97 Å². The Balaban J connectivity index is 1.88. The summed E-state index contributed by atoms with van der Waals surface area (Å²) in [6.07, 6.45) is 5.52. The van der Waals surface area contributed by atoms with Crippen LogP contribution in [0.1, 0.15) is 22.8 Å². The fraction of sp³-hybridized carbons (Fsp3) is 0.286. The Hall–Kier alpha value is -1.46. The second kappa shape index (κ2) is 5.27. The number of hydrogen-bond donors (Lipinski definition) is 1. The molecular formula is C14H13BrN2O2. The summed E-state index contributed by atoms with van der Waals surface area (Å²) in [7, 11) is 0. The average Bonchev–Trinajstić information content (AvgIpc) is 2.88. The topological polar surface area (TPSA) is 55.2 Å². The minimum absolute atomic E-state index is 0.495. The second-order valence-corrected chi connectivity index (χ2v) is 5.46. The lowest BCUT2D eigenvalue weighted by atomic mass is 10.0. The standard InChI is InChI=1S/C14H13BrN2O2/c15-12-3-9-1-2-19-14(9)10(4-12)5-13(18)11-6-16-8-17-7-11/h3-4,6-8,13,18H,1-2,5H2. The van der Waals surface area contributed by atoms with Crippen molar-refractivity contribution >= 4 is 15.9 Å². The van der Waals surface area contributed by atoms with E-state index in [2.05, 4.69) is 32.0 Å². The molecule has 1 aromatic carbocycles. The molecule has 1 aromatic heterocycles. The van der Waals surface area contributed by atoms with Gasteiger partial charge in [0.2, 0.25) is 0 Å². The molecule has 5 heteroatoms. The molecule has 2 aromatic rings. The Morgan fingerprint density at radius 3 is 2.89 bits per heavy atom. The lowest BCUT2D eigenvalue weighted by Crippen LogP contribution is -2.04. The van der Waals surface area contributed by atoms with E-state index < -0.39 is 6.10 Å². The molecule has 0 bridgehead atoms. The number of hydrogen-bond acceptors (Lipinski definition) is 4. The zero-order valence-electron chi connectivity index (χ0n) is 10.2. The van der Waals surface area contributed by atoms with Gasteiger partial charge >= 0.3 is 0 Å². The highest BCUT2D eigenvalue weighted by molar-refractivity contribution is 9.10. The van der Waals surface area contributed by atoms with Gasteiger partial charge < -0.3 is 9.84 Å². The maximum atomic E-state index is 10.2. The van der Waals surface area contributed by atoms with Crippen LogP contribution in [0.4, 0.5) is 0 Å². The average molecular weight is 321 g/mol. The molecule has 1 atom stereocenters. The quantitative estimate of drug-likeness (QED) is 0.943. The van der Waals surface area contributed by atoms with Gasteiger partial charge in [-0.15, -0.1) is 0 Å². The van der Waals surface area contributed by atoms with E-state index >= 15 is 0 Å². The van der Waals surface area contributed by atoms with Gasteiger partial charge in [0, 0.05) is 35.3 Å². The van der Waals surface area contributed by atoms with Crippen LogP contribution in [0.5, 0.6) is 5.75 Å². The minimum atomic E-state index is -0.621. The molecule has 2 heterocycles. The predicted molar refractivity (Wildman–Crippen MR) is 74.0 cm³/mol. The minimum Gasteiger partial charge on any atom is -0.493 e. The van der Waals surface area contributed by atoms with E-state index in [9.17, 15) is 5.11 Å². The number of rotatable bonds is 3. The zero-order valence-corrected chi connectivity index (χ0v) is 11.8. The number of fused-ring (bicyclic) bond motifs is 1. The van der Waals surface area contributed by atoms with Gasteiger partial charge in [-0.05, 0) is 23.3 Å². The molecule has 0 radical (unpaired) electrons. The number of halogens is 1. The molecule has 19 heavy (non-hydrogen) atoms. The van der Waals surface area contributed by atoms with Crippen molar-refractivity contribution in [3.63, 3.8) is 0 Å². The van der Waals surface area contributed by atoms with Crippen molar-refractivity contribution in [3.8, 4) is 5.75 Å². The maximum Gasteiger partial charge on any atom is 0.125 e. The fourth-order valence-electron chi connectivity index (χ4n) is 2.31. The molecule has 0 fully saturated rings. The van der Waals surface area contributed by atoms with Crippen molar-refractivity contribution in [1.82, 2.24) is 9.97 Å². The van der Waals surface area contributed by atoms with Crippen molar-refractivity contribution in [3.05, 3.63) is 52.0 Å². The molecule has 0 aliphatic carbocycles. The van der Waals surface area contributed by atoms with Crippen LogP contribution in [0.3, 0.4) is 0 Å². The van der Waals surface area contributed by atoms with Crippen molar-refractivity contribution in [2.24, 2.45) is 0 Å². The third-order valence-corrected chi connectivity index (χ3v) is 3.66. The molecule has 0 spiro atoms. The summed E-state index contributed by atoms with van der Waals surface area (Å²) in [6.45, 7) is 0.712. The van der Waals surface area contributed by atoms with Crippen LogP contribution in [-0.2, 0) is 12.8 Å². The van der Waals surface area contributed by atoms with Gasteiger partial charge in [0.1, 0.15) is 12.1 Å². The third kappa shape index (κ3) is 2.62. The van der Waals surface area contributed by atoms with Crippen molar-refractivity contribution in [2.75, 3.05) is 6.61 Å². The lowest BCUT2D eigenvalue weighted by Gasteiger charge is -2.13. The highest BCUT2D eigenvalue weighted by atomic mass is 79.9. The summed E-state index contributed by atoms with van der Waals surface area (Å²) in [4.78, 5) is 7.85. The highest BCUT2D eigenvalue weighted by Gasteiger charge is 2.20. The van der Waals surface area contributed by atoms with Gasteiger partial charge in [-0.2, -0.15) is 0 Å². The van der Waals surface area contributed by atoms with Gasteiger partial charge in [-0.1, -0.05) is 15.9 Å². The van der Waals surface area contributed by atoms with E-state index in [0.717, 1.165) is 22.2 Å². The Morgan fingerprint density at radius 2 is 2.11 bits per heavy atom. The van der Waals surface area contributed by atoms with Crippen LogP contribution in [0, 0.1) is 0 Å². The van der Waals surface area contributed by atoms with Gasteiger partial charge in [0.15, 0.2) is 0 Å². The molecule has 0 saturated carbocycles. The summed E-state index contributed by atoms with van der Waals surface area (Å²) in [5, 5.41) is 10.2. The normalized spacial score (nSPS) is 14.8. The monoisotopic (exact) mass is 320 g/mol. The summed E-state index contributed by atoms with van der Waals surface area (Å²) in [5.41, 5.74) is 2.92. The Morgan fingerprint density at radius 1 is 1.32 bits per heavy atom. The van der Waals surface area contributed by atoms with E-state index in [0.29, 0.717) is 18.6 Å². The SMILES string of the molecule is OC(Cc1cc(Br)cc2c1OCC2)c1cncnc1. The second-order valence-electron chi connectivity index (χ2n) is 4.54. The molecule has 0 amide bonds. The van der Waals surface area contributed by atoms with E-state index in [1.54, 1.807) is 12.4 Å². The molecule has 1 unspecified atom stereocenters. The number of aromatic nitrogens is 2. The van der Waals surface area contributed by atoms with E-state index in [-0.39, 0.29) is 0 Å². The predicted octanol–water partition coefficient (Wildman–Crippen LogP) is 2.45. The fourth-order valence-corrected chi connectivity index (χ4v) is 2.86. The molecule has 4 nitrogen and oxygen atoms in total. The summed E-state index contributed by atoms with van der Waals surface area (Å²) in [6, 6.07) is 4.07. The lowest BCUT2D eigenvalue weighted by molar-refractivity contribution is 0.176. The van der Waals surface area contributed by atoms with Crippen molar-refractivity contribution in [1.29, 1.82) is 0 Å². The highest BCUT2D eigenvalue weighted by Crippen LogP contribution is 2.35. The van der Waals surface area contributed by atoms with Crippen LogP contribution in [-0.4, -0.2) is 21.7 Å². The molecular weight excluding hydrogens is 308 g/mol. The molecule has 1 N–H and O–H groups in total. The number of aliphatic hydroxyl groups excluding tert-OH is 1. The van der Waals surface area contributed by atoms with E-state index in [1.807, 2.05) is 6.07 Å². The summed E-state index contributed by atoms with van der Waals surface area (Å²) in [5.74, 6) is 0.916. The molecule has 0 saturated heterocycles. The third-order valence-electron chi connectivity index (χ3n) is 3.20. The summed E-state index contributed by atoms with van der Waals surface area (Å²) < 4.78 is 6.68. The largest absolute Gasteiger partial charge is 0.493 e. The molecule has 98 valence electrons. The Bertz CT molecular complexity index is 589. The van der Waals surface area contributed by atoms with Crippen LogP contribution >= 0.6 is 15.9 Å². The number of aliphatic hydroxyl groups is 1. The van der Waals surface area contributed by atoms with Gasteiger partial charge in [0.05, 0.1) is 12.7 Å².